The van der Waals surface area contributed by atoms with Crippen LogP contribution in [0.4, 0.5) is 5.69 Å². The van der Waals surface area contributed by atoms with E-state index >= 15 is 0 Å². The van der Waals surface area contributed by atoms with Gasteiger partial charge in [0, 0.05) is 29.8 Å². The zero-order valence-corrected chi connectivity index (χ0v) is 17.7. The van der Waals surface area contributed by atoms with Gasteiger partial charge in [0.05, 0.1) is 16.5 Å². The van der Waals surface area contributed by atoms with Crippen molar-refractivity contribution in [1.29, 1.82) is 5.26 Å². The molecule has 162 valence electrons. The molecule has 0 fully saturated rings. The second kappa shape index (κ2) is 9.87. The third-order valence-electron chi connectivity index (χ3n) is 4.56. The molecule has 9 heteroatoms. The highest BCUT2D eigenvalue weighted by Gasteiger charge is 2.15. The first-order valence-corrected chi connectivity index (χ1v) is 11.1. The summed E-state index contributed by atoms with van der Waals surface area (Å²) in [5.74, 6) is -0.661. The van der Waals surface area contributed by atoms with E-state index in [1.807, 2.05) is 6.07 Å². The number of hydrogen-bond donors (Lipinski definition) is 3. The minimum atomic E-state index is -3.89. The molecule has 0 heterocycles. The van der Waals surface area contributed by atoms with Crippen molar-refractivity contribution in [3.8, 4) is 17.2 Å². The van der Waals surface area contributed by atoms with Crippen molar-refractivity contribution >= 4 is 27.5 Å². The highest BCUT2D eigenvalue weighted by Crippen LogP contribution is 2.26. The normalized spacial score (nSPS) is 10.8. The number of nitriles is 1. The number of nitrogens with two attached hydrogens (primary N) is 1. The van der Waals surface area contributed by atoms with Crippen molar-refractivity contribution in [2.24, 2.45) is 5.14 Å². The number of carbonyl (C=O) groups is 2. The van der Waals surface area contributed by atoms with E-state index in [0.717, 1.165) is 0 Å². The van der Waals surface area contributed by atoms with E-state index in [1.165, 1.54) is 6.07 Å². The monoisotopic (exact) mass is 448 g/mol. The molecule has 0 saturated carbocycles. The maximum absolute atomic E-state index is 12.3. The standard InChI is InChI=1S/C23H20N4O4S/c24-15-16-4-3-5-19(14-16)27-22(28)12-13-26-23(29)18-10-8-17(9-11-18)20-6-1-2-7-21(20)32(25,30)31/h1-11,14H,12-13H2,(H,26,29)(H,27,28)(H2,25,30,31). The Morgan fingerprint density at radius 1 is 0.969 bits per heavy atom. The van der Waals surface area contributed by atoms with Crippen LogP contribution in [0.15, 0.2) is 77.7 Å². The number of rotatable bonds is 7. The van der Waals surface area contributed by atoms with Crippen molar-refractivity contribution < 1.29 is 18.0 Å². The molecule has 2 amide bonds. The SMILES string of the molecule is N#Cc1cccc(NC(=O)CCNC(=O)c2ccc(-c3ccccc3S(N)(=O)=O)cc2)c1. The van der Waals surface area contributed by atoms with Crippen molar-refractivity contribution in [3.63, 3.8) is 0 Å². The summed E-state index contributed by atoms with van der Waals surface area (Å²) in [7, 11) is -3.89. The molecule has 0 aliphatic carbocycles. The molecular formula is C23H20N4O4S. The molecule has 0 bridgehead atoms. The van der Waals surface area contributed by atoms with E-state index < -0.39 is 10.0 Å². The molecule has 32 heavy (non-hydrogen) atoms. The Kier molecular flexibility index (Phi) is 7.00. The number of primary sulfonamides is 1. The summed E-state index contributed by atoms with van der Waals surface area (Å²) in [5, 5.41) is 19.5. The van der Waals surface area contributed by atoms with Crippen LogP contribution in [0.5, 0.6) is 0 Å². The largest absolute Gasteiger partial charge is 0.352 e. The summed E-state index contributed by atoms with van der Waals surface area (Å²) in [6.45, 7) is 0.124. The van der Waals surface area contributed by atoms with Gasteiger partial charge in [0.1, 0.15) is 0 Å². The fourth-order valence-corrected chi connectivity index (χ4v) is 3.80. The Labute approximate surface area is 185 Å². The molecular weight excluding hydrogens is 428 g/mol. The van der Waals surface area contributed by atoms with Crippen LogP contribution in [0.25, 0.3) is 11.1 Å². The Morgan fingerprint density at radius 3 is 2.38 bits per heavy atom. The summed E-state index contributed by atoms with van der Waals surface area (Å²) >= 11 is 0. The van der Waals surface area contributed by atoms with Crippen molar-refractivity contribution in [2.75, 3.05) is 11.9 Å². The minimum absolute atomic E-state index is 0.00326. The maximum Gasteiger partial charge on any atom is 0.251 e. The van der Waals surface area contributed by atoms with E-state index in [2.05, 4.69) is 10.6 Å². The molecule has 4 N–H and O–H groups in total. The summed E-state index contributed by atoms with van der Waals surface area (Å²) in [6, 6.07) is 21.3. The molecule has 0 saturated heterocycles. The third kappa shape index (κ3) is 5.78. The van der Waals surface area contributed by atoms with Gasteiger partial charge in [-0.1, -0.05) is 36.4 Å². The maximum atomic E-state index is 12.3. The van der Waals surface area contributed by atoms with Crippen LogP contribution in [-0.2, 0) is 14.8 Å². The molecule has 3 rings (SSSR count). The van der Waals surface area contributed by atoms with Gasteiger partial charge in [-0.3, -0.25) is 9.59 Å². The first-order chi connectivity index (χ1) is 15.3. The lowest BCUT2D eigenvalue weighted by atomic mass is 10.0. The van der Waals surface area contributed by atoms with E-state index in [9.17, 15) is 18.0 Å². The molecule has 3 aromatic carbocycles. The van der Waals surface area contributed by atoms with E-state index in [-0.39, 0.29) is 29.7 Å². The number of hydrogen-bond acceptors (Lipinski definition) is 5. The van der Waals surface area contributed by atoms with Gasteiger partial charge in [-0.15, -0.1) is 0 Å². The van der Waals surface area contributed by atoms with Gasteiger partial charge >= 0.3 is 0 Å². The average molecular weight is 449 g/mol. The molecule has 3 aromatic rings. The van der Waals surface area contributed by atoms with Gasteiger partial charge in [-0.05, 0) is 42.0 Å². The lowest BCUT2D eigenvalue weighted by Gasteiger charge is -2.09. The van der Waals surface area contributed by atoms with E-state index in [0.29, 0.717) is 27.9 Å². The van der Waals surface area contributed by atoms with Gasteiger partial charge in [0.2, 0.25) is 15.9 Å². The van der Waals surface area contributed by atoms with Crippen LogP contribution in [0, 0.1) is 11.3 Å². The highest BCUT2D eigenvalue weighted by atomic mass is 32.2. The molecule has 0 unspecified atom stereocenters. The Hall–Kier alpha value is -4.00. The highest BCUT2D eigenvalue weighted by molar-refractivity contribution is 7.89. The fourth-order valence-electron chi connectivity index (χ4n) is 3.04. The van der Waals surface area contributed by atoms with Crippen LogP contribution < -0.4 is 15.8 Å². The molecule has 0 spiro atoms. The number of sulfonamides is 1. The molecule has 8 nitrogen and oxygen atoms in total. The molecule has 0 aliphatic heterocycles. The van der Waals surface area contributed by atoms with Crippen LogP contribution in [0.3, 0.4) is 0 Å². The molecule has 0 aromatic heterocycles. The smallest absolute Gasteiger partial charge is 0.251 e. The van der Waals surface area contributed by atoms with Crippen LogP contribution >= 0.6 is 0 Å². The number of carbonyl (C=O) groups excluding carboxylic acids is 2. The third-order valence-corrected chi connectivity index (χ3v) is 5.53. The zero-order chi connectivity index (χ0) is 23.1. The summed E-state index contributed by atoms with van der Waals surface area (Å²) in [6.07, 6.45) is 0.0579. The molecule has 0 atom stereocenters. The van der Waals surface area contributed by atoms with Crippen molar-refractivity contribution in [3.05, 3.63) is 83.9 Å². The summed E-state index contributed by atoms with van der Waals surface area (Å²) in [5.41, 5.74) is 2.36. The lowest BCUT2D eigenvalue weighted by Crippen LogP contribution is -2.27. The van der Waals surface area contributed by atoms with Crippen LogP contribution in [-0.4, -0.2) is 26.8 Å². The Balaban J connectivity index is 1.58. The van der Waals surface area contributed by atoms with Gasteiger partial charge in [-0.2, -0.15) is 5.26 Å². The van der Waals surface area contributed by atoms with Crippen molar-refractivity contribution in [1.82, 2.24) is 5.32 Å². The quantitative estimate of drug-likeness (QED) is 0.509. The lowest BCUT2D eigenvalue weighted by molar-refractivity contribution is -0.116. The number of nitrogens with one attached hydrogen (secondary N) is 2. The number of anilines is 1. The van der Waals surface area contributed by atoms with Crippen LogP contribution in [0.1, 0.15) is 22.3 Å². The average Bonchev–Trinajstić information content (AvgIpc) is 2.78. The van der Waals surface area contributed by atoms with Gasteiger partial charge < -0.3 is 10.6 Å². The fraction of sp³-hybridized carbons (Fsp3) is 0.0870. The predicted octanol–water partition coefficient (Wildman–Crippen LogP) is 2.63. The molecule has 0 radical (unpaired) electrons. The second-order valence-corrected chi connectivity index (χ2v) is 8.40. The summed E-state index contributed by atoms with van der Waals surface area (Å²) in [4.78, 5) is 24.4. The second-order valence-electron chi connectivity index (χ2n) is 6.87. The van der Waals surface area contributed by atoms with Crippen LogP contribution in [0.2, 0.25) is 0 Å². The predicted molar refractivity (Wildman–Crippen MR) is 120 cm³/mol. The first kappa shape index (κ1) is 22.7. The number of nitrogens with zero attached hydrogens (tertiary/aromatic N) is 1. The summed E-state index contributed by atoms with van der Waals surface area (Å²) < 4.78 is 23.6. The van der Waals surface area contributed by atoms with Gasteiger partial charge in [0.25, 0.3) is 5.91 Å². The minimum Gasteiger partial charge on any atom is -0.352 e. The zero-order valence-electron chi connectivity index (χ0n) is 16.9. The number of benzene rings is 3. The van der Waals surface area contributed by atoms with Crippen molar-refractivity contribution in [2.45, 2.75) is 11.3 Å². The van der Waals surface area contributed by atoms with E-state index in [1.54, 1.807) is 66.7 Å². The number of amides is 2. The van der Waals surface area contributed by atoms with E-state index in [4.69, 9.17) is 10.4 Å². The molecule has 0 aliphatic rings. The van der Waals surface area contributed by atoms with Gasteiger partial charge in [0.15, 0.2) is 0 Å². The Morgan fingerprint density at radius 2 is 1.69 bits per heavy atom. The Bertz CT molecular complexity index is 1300. The first-order valence-electron chi connectivity index (χ1n) is 9.58. The topological polar surface area (TPSA) is 142 Å². The van der Waals surface area contributed by atoms with Gasteiger partial charge in [-0.25, -0.2) is 13.6 Å².